The van der Waals surface area contributed by atoms with E-state index in [9.17, 15) is 0 Å². The summed E-state index contributed by atoms with van der Waals surface area (Å²) < 4.78 is 10.6. The van der Waals surface area contributed by atoms with E-state index >= 15 is 0 Å². The topological polar surface area (TPSA) is 46.3 Å². The summed E-state index contributed by atoms with van der Waals surface area (Å²) in [6.45, 7) is 0.808. The number of rotatable bonds is 7. The predicted octanol–water partition coefficient (Wildman–Crippen LogP) is 4.81. The lowest BCUT2D eigenvalue weighted by atomic mass is 10.1. The molecule has 2 N–H and O–H groups in total. The molecule has 1 aromatic heterocycles. The van der Waals surface area contributed by atoms with E-state index in [2.05, 4.69) is 46.7 Å². The van der Waals surface area contributed by atoms with Gasteiger partial charge in [0.2, 0.25) is 0 Å². The van der Waals surface area contributed by atoms with Crippen LogP contribution in [0.1, 0.15) is 16.7 Å². The van der Waals surface area contributed by atoms with Gasteiger partial charge in [0.25, 0.3) is 0 Å². The van der Waals surface area contributed by atoms with Crippen molar-refractivity contribution in [1.29, 1.82) is 0 Å². The summed E-state index contributed by atoms with van der Waals surface area (Å²) in [6, 6.07) is 16.2. The van der Waals surface area contributed by atoms with Crippen LogP contribution in [0.25, 0.3) is 12.2 Å². The Balaban J connectivity index is 1.65. The fraction of sp³-hybridized carbons (Fsp3) is 0.143. The molecule has 0 fully saturated rings. The van der Waals surface area contributed by atoms with Gasteiger partial charge in [0.15, 0.2) is 0 Å². The number of hydrogen-bond donors (Lipinski definition) is 2. The van der Waals surface area contributed by atoms with Gasteiger partial charge in [-0.3, -0.25) is 0 Å². The Kier molecular flexibility index (Phi) is 5.42. The van der Waals surface area contributed by atoms with Crippen LogP contribution in [0.4, 0.5) is 5.69 Å². The molecular weight excluding hydrogens is 312 g/mol. The minimum Gasteiger partial charge on any atom is -0.497 e. The Bertz CT molecular complexity index is 799. The molecule has 0 atom stereocenters. The number of benzene rings is 2. The average molecular weight is 334 g/mol. The fourth-order valence-electron chi connectivity index (χ4n) is 2.50. The smallest absolute Gasteiger partial charge is 0.123 e. The Morgan fingerprint density at radius 2 is 1.56 bits per heavy atom. The summed E-state index contributed by atoms with van der Waals surface area (Å²) in [6.07, 6.45) is 8.04. The Morgan fingerprint density at radius 3 is 2.16 bits per heavy atom. The van der Waals surface area contributed by atoms with Crippen molar-refractivity contribution in [3.05, 3.63) is 77.6 Å². The molecule has 4 nitrogen and oxygen atoms in total. The quantitative estimate of drug-likeness (QED) is 0.609. The lowest BCUT2D eigenvalue weighted by Gasteiger charge is -2.06. The second-order valence-corrected chi connectivity index (χ2v) is 5.67. The second kappa shape index (κ2) is 8.11. The molecular formula is C21H22N2O2. The largest absolute Gasteiger partial charge is 0.497 e. The van der Waals surface area contributed by atoms with Gasteiger partial charge in [-0.15, -0.1) is 0 Å². The first kappa shape index (κ1) is 16.7. The molecule has 128 valence electrons. The van der Waals surface area contributed by atoms with Crippen molar-refractivity contribution in [2.24, 2.45) is 0 Å². The van der Waals surface area contributed by atoms with E-state index in [1.54, 1.807) is 14.2 Å². The summed E-state index contributed by atoms with van der Waals surface area (Å²) >= 11 is 0. The lowest BCUT2D eigenvalue weighted by Crippen LogP contribution is -1.97. The number of methoxy groups -OCH3 is 2. The highest BCUT2D eigenvalue weighted by molar-refractivity contribution is 5.71. The molecule has 2 aromatic carbocycles. The maximum atomic E-state index is 5.30. The average Bonchev–Trinajstić information content (AvgIpc) is 3.18. The van der Waals surface area contributed by atoms with Crippen molar-refractivity contribution in [3.63, 3.8) is 0 Å². The van der Waals surface area contributed by atoms with E-state index in [0.29, 0.717) is 0 Å². The maximum absolute atomic E-state index is 5.30. The highest BCUT2D eigenvalue weighted by Gasteiger charge is 1.99. The lowest BCUT2D eigenvalue weighted by molar-refractivity contribution is 0.394. The molecule has 0 saturated heterocycles. The van der Waals surface area contributed by atoms with Crippen molar-refractivity contribution >= 4 is 17.8 Å². The summed E-state index contributed by atoms with van der Waals surface area (Å²) in [5.74, 6) is 1.56. The molecule has 25 heavy (non-hydrogen) atoms. The van der Waals surface area contributed by atoms with Crippen LogP contribution in [0.5, 0.6) is 11.5 Å². The van der Waals surface area contributed by atoms with Crippen LogP contribution >= 0.6 is 0 Å². The van der Waals surface area contributed by atoms with Crippen LogP contribution in [0.2, 0.25) is 0 Å². The number of ether oxygens (including phenoxy) is 2. The van der Waals surface area contributed by atoms with Gasteiger partial charge in [-0.2, -0.15) is 0 Å². The Morgan fingerprint density at radius 1 is 0.880 bits per heavy atom. The molecule has 0 aliphatic heterocycles. The molecule has 0 unspecified atom stereocenters. The standard InChI is InChI=1S/C21H22N2O2/c1-24-20-11-17(12-21(13-20)25-2)4-3-16-5-7-19(8-6-16)23-15-18-9-10-22-14-18/h3-14,22-23H,15H2,1-2H3/b4-3+. The number of aromatic nitrogens is 1. The van der Waals surface area contributed by atoms with Crippen molar-refractivity contribution in [2.75, 3.05) is 19.5 Å². The zero-order valence-electron chi connectivity index (χ0n) is 14.5. The molecule has 3 aromatic rings. The minimum absolute atomic E-state index is 0.781. The molecule has 0 aliphatic rings. The van der Waals surface area contributed by atoms with Gasteiger partial charge in [-0.25, -0.2) is 0 Å². The van der Waals surface area contributed by atoms with Gasteiger partial charge in [-0.1, -0.05) is 24.3 Å². The molecule has 4 heteroatoms. The minimum atomic E-state index is 0.781. The number of H-pyrrole nitrogens is 1. The van der Waals surface area contributed by atoms with Gasteiger partial charge < -0.3 is 19.8 Å². The third-order valence-electron chi connectivity index (χ3n) is 3.91. The van der Waals surface area contributed by atoms with Crippen molar-refractivity contribution in [3.8, 4) is 11.5 Å². The van der Waals surface area contributed by atoms with E-state index in [1.807, 2.05) is 36.7 Å². The number of nitrogens with one attached hydrogen (secondary N) is 2. The molecule has 0 radical (unpaired) electrons. The zero-order chi connectivity index (χ0) is 17.5. The van der Waals surface area contributed by atoms with Crippen molar-refractivity contribution < 1.29 is 9.47 Å². The van der Waals surface area contributed by atoms with E-state index in [4.69, 9.17) is 9.47 Å². The van der Waals surface area contributed by atoms with Crippen LogP contribution < -0.4 is 14.8 Å². The number of aromatic amines is 1. The zero-order valence-corrected chi connectivity index (χ0v) is 14.5. The molecule has 0 aliphatic carbocycles. The van der Waals surface area contributed by atoms with Crippen LogP contribution in [-0.2, 0) is 6.54 Å². The first-order chi connectivity index (χ1) is 12.3. The molecule has 1 heterocycles. The van der Waals surface area contributed by atoms with E-state index in [0.717, 1.165) is 34.9 Å². The monoisotopic (exact) mass is 334 g/mol. The Hall–Kier alpha value is -3.14. The first-order valence-corrected chi connectivity index (χ1v) is 8.13. The van der Waals surface area contributed by atoms with E-state index in [1.165, 1.54) is 5.56 Å². The molecule has 0 amide bonds. The molecule has 3 rings (SSSR count). The molecule has 0 saturated carbocycles. The Labute approximate surface area is 148 Å². The third-order valence-corrected chi connectivity index (χ3v) is 3.91. The summed E-state index contributed by atoms with van der Waals surface area (Å²) in [5.41, 5.74) is 4.50. The fourth-order valence-corrected chi connectivity index (χ4v) is 2.50. The molecule has 0 spiro atoms. The summed E-state index contributed by atoms with van der Waals surface area (Å²) in [4.78, 5) is 3.06. The highest BCUT2D eigenvalue weighted by atomic mass is 16.5. The van der Waals surface area contributed by atoms with E-state index < -0.39 is 0 Å². The first-order valence-electron chi connectivity index (χ1n) is 8.13. The number of hydrogen-bond acceptors (Lipinski definition) is 3. The normalized spacial score (nSPS) is 10.8. The second-order valence-electron chi connectivity index (χ2n) is 5.67. The predicted molar refractivity (Wildman–Crippen MR) is 103 cm³/mol. The van der Waals surface area contributed by atoms with Crippen molar-refractivity contribution in [1.82, 2.24) is 4.98 Å². The van der Waals surface area contributed by atoms with Gasteiger partial charge in [0.05, 0.1) is 14.2 Å². The van der Waals surface area contributed by atoms with Crippen LogP contribution in [-0.4, -0.2) is 19.2 Å². The summed E-state index contributed by atoms with van der Waals surface area (Å²) in [5, 5.41) is 3.40. The van der Waals surface area contributed by atoms with Gasteiger partial charge in [0, 0.05) is 30.7 Å². The SMILES string of the molecule is COc1cc(/C=C/c2ccc(NCc3cc[nH]c3)cc2)cc(OC)c1. The summed E-state index contributed by atoms with van der Waals surface area (Å²) in [7, 11) is 3.31. The number of anilines is 1. The molecule has 0 bridgehead atoms. The highest BCUT2D eigenvalue weighted by Crippen LogP contribution is 2.24. The van der Waals surface area contributed by atoms with Gasteiger partial charge in [-0.05, 0) is 47.0 Å². The van der Waals surface area contributed by atoms with Crippen LogP contribution in [0.15, 0.2) is 60.9 Å². The van der Waals surface area contributed by atoms with E-state index in [-0.39, 0.29) is 0 Å². The van der Waals surface area contributed by atoms with Gasteiger partial charge in [0.1, 0.15) is 11.5 Å². The van der Waals surface area contributed by atoms with Crippen molar-refractivity contribution in [2.45, 2.75) is 6.54 Å². The van der Waals surface area contributed by atoms with Gasteiger partial charge >= 0.3 is 0 Å². The maximum Gasteiger partial charge on any atom is 0.123 e. The van der Waals surface area contributed by atoms with Crippen LogP contribution in [0, 0.1) is 0 Å². The van der Waals surface area contributed by atoms with Crippen LogP contribution in [0.3, 0.4) is 0 Å². The third kappa shape index (κ3) is 4.67.